The number of nitrogens with zero attached hydrogens (tertiary/aromatic N) is 5. The highest BCUT2D eigenvalue weighted by atomic mass is 19.1. The Morgan fingerprint density at radius 1 is 1.14 bits per heavy atom. The van der Waals surface area contributed by atoms with Gasteiger partial charge in [-0.3, -0.25) is 5.01 Å². The van der Waals surface area contributed by atoms with E-state index < -0.39 is 0 Å². The number of halogens is 1. The van der Waals surface area contributed by atoms with Crippen LogP contribution in [0.3, 0.4) is 0 Å². The number of amidine groups is 1. The van der Waals surface area contributed by atoms with Crippen molar-refractivity contribution in [2.75, 3.05) is 27.2 Å². The lowest BCUT2D eigenvalue weighted by Gasteiger charge is -2.54. The van der Waals surface area contributed by atoms with Gasteiger partial charge in [-0.1, -0.05) is 24.6 Å². The summed E-state index contributed by atoms with van der Waals surface area (Å²) >= 11 is 0. The molecule has 2 fully saturated rings. The summed E-state index contributed by atoms with van der Waals surface area (Å²) < 4.78 is 21.4. The molecule has 0 amide bonds. The molecule has 3 heterocycles. The second-order valence-corrected chi connectivity index (χ2v) is 10.5. The largest absolute Gasteiger partial charge is 0.495 e. The Morgan fingerprint density at radius 3 is 2.61 bits per heavy atom. The zero-order valence-corrected chi connectivity index (χ0v) is 21.1. The second-order valence-electron chi connectivity index (χ2n) is 10.5. The average Bonchev–Trinajstić information content (AvgIpc) is 3.29. The number of benzene rings is 2. The summed E-state index contributed by atoms with van der Waals surface area (Å²) in [5, 5.41) is 7.02. The molecule has 3 aliphatic rings. The molecule has 2 aromatic carbocycles. The summed E-state index contributed by atoms with van der Waals surface area (Å²) in [5.74, 6) is 1.64. The molecular weight excluding hydrogens is 453 g/mol. The number of fused-ring (bicyclic) bond motifs is 1. The fourth-order valence-corrected chi connectivity index (χ4v) is 5.94. The molecular formula is C29H32FN5O. The van der Waals surface area contributed by atoms with Crippen LogP contribution in [-0.4, -0.2) is 52.5 Å². The van der Waals surface area contributed by atoms with Crippen molar-refractivity contribution < 1.29 is 9.13 Å². The molecule has 0 radical (unpaired) electrons. The minimum absolute atomic E-state index is 0.144. The van der Waals surface area contributed by atoms with Gasteiger partial charge in [-0.05, 0) is 78.6 Å². The third kappa shape index (κ3) is 4.06. The standard InChI is InChI=1S/C29H32FN5O/c1-20-16-34(19-31-20)25-10-5-21(14-27(25)36-3)13-23-15-29(11-4-12-29)18-35-26(17-33(2)32-28(23)35)22-6-8-24(30)9-7-22/h5-10,13-14,16,19,26H,4,11-12,15,17-18H2,1-3H3/b23-13+. The number of aryl methyl sites for hydroxylation is 1. The van der Waals surface area contributed by atoms with Crippen LogP contribution in [-0.2, 0) is 0 Å². The van der Waals surface area contributed by atoms with Gasteiger partial charge in [0.05, 0.1) is 37.4 Å². The Balaban J connectivity index is 1.39. The van der Waals surface area contributed by atoms with Crippen LogP contribution in [0.2, 0.25) is 0 Å². The highest BCUT2D eigenvalue weighted by Crippen LogP contribution is 2.52. The van der Waals surface area contributed by atoms with Gasteiger partial charge >= 0.3 is 0 Å². The molecule has 3 aromatic rings. The number of piperidine rings is 1. The zero-order valence-electron chi connectivity index (χ0n) is 21.1. The lowest BCUT2D eigenvalue weighted by Crippen LogP contribution is -2.55. The van der Waals surface area contributed by atoms with Crippen molar-refractivity contribution in [3.05, 3.63) is 83.2 Å². The van der Waals surface area contributed by atoms with E-state index >= 15 is 0 Å². The molecule has 7 heteroatoms. The highest BCUT2D eigenvalue weighted by molar-refractivity contribution is 6.03. The fourth-order valence-electron chi connectivity index (χ4n) is 5.94. The third-order valence-corrected chi connectivity index (χ3v) is 7.91. The molecule has 1 saturated heterocycles. The van der Waals surface area contributed by atoms with Crippen LogP contribution in [0.15, 0.2) is 65.7 Å². The summed E-state index contributed by atoms with van der Waals surface area (Å²) in [6, 6.07) is 13.4. The van der Waals surface area contributed by atoms with Crippen LogP contribution in [0, 0.1) is 18.2 Å². The van der Waals surface area contributed by atoms with Gasteiger partial charge in [-0.2, -0.15) is 5.10 Å². The van der Waals surface area contributed by atoms with Gasteiger partial charge in [0.15, 0.2) is 5.84 Å². The Hall–Kier alpha value is -3.61. The average molecular weight is 486 g/mol. The number of hydrogen-bond donors (Lipinski definition) is 0. The summed E-state index contributed by atoms with van der Waals surface area (Å²) in [5.41, 5.74) is 5.70. The van der Waals surface area contributed by atoms with Gasteiger partial charge < -0.3 is 14.2 Å². The maximum Gasteiger partial charge on any atom is 0.152 e. The van der Waals surface area contributed by atoms with Gasteiger partial charge in [0.25, 0.3) is 0 Å². The fraction of sp³-hybridized carbons (Fsp3) is 0.379. The lowest BCUT2D eigenvalue weighted by atomic mass is 9.62. The van der Waals surface area contributed by atoms with E-state index in [1.807, 2.05) is 48.2 Å². The maximum atomic E-state index is 13.7. The van der Waals surface area contributed by atoms with Crippen molar-refractivity contribution in [3.63, 3.8) is 0 Å². The van der Waals surface area contributed by atoms with E-state index in [0.29, 0.717) is 0 Å². The number of imidazole rings is 1. The van der Waals surface area contributed by atoms with E-state index in [9.17, 15) is 4.39 Å². The van der Waals surface area contributed by atoms with E-state index in [-0.39, 0.29) is 17.3 Å². The van der Waals surface area contributed by atoms with Crippen LogP contribution < -0.4 is 4.74 Å². The van der Waals surface area contributed by atoms with Crippen LogP contribution >= 0.6 is 0 Å². The summed E-state index contributed by atoms with van der Waals surface area (Å²) in [6.07, 6.45) is 10.9. The number of rotatable bonds is 4. The van der Waals surface area contributed by atoms with Crippen molar-refractivity contribution in [1.29, 1.82) is 0 Å². The van der Waals surface area contributed by atoms with Crippen molar-refractivity contribution in [1.82, 2.24) is 19.5 Å². The first kappa shape index (κ1) is 22.8. The van der Waals surface area contributed by atoms with E-state index in [0.717, 1.165) is 53.6 Å². The molecule has 6 nitrogen and oxygen atoms in total. The van der Waals surface area contributed by atoms with Gasteiger partial charge in [0.2, 0.25) is 0 Å². The minimum atomic E-state index is -0.199. The first-order chi connectivity index (χ1) is 17.4. The number of ether oxygens (including phenoxy) is 1. The predicted molar refractivity (Wildman–Crippen MR) is 140 cm³/mol. The van der Waals surface area contributed by atoms with Crippen LogP contribution in [0.1, 0.15) is 48.5 Å². The van der Waals surface area contributed by atoms with Gasteiger partial charge in [0, 0.05) is 19.8 Å². The van der Waals surface area contributed by atoms with E-state index in [4.69, 9.17) is 9.84 Å². The summed E-state index contributed by atoms with van der Waals surface area (Å²) in [7, 11) is 3.73. The second kappa shape index (κ2) is 8.80. The van der Waals surface area contributed by atoms with Crippen molar-refractivity contribution in [2.24, 2.45) is 10.5 Å². The molecule has 0 N–H and O–H groups in total. The normalized spacial score (nSPS) is 21.8. The molecule has 1 saturated carbocycles. The van der Waals surface area contributed by atoms with Crippen molar-refractivity contribution >= 4 is 11.9 Å². The molecule has 1 unspecified atom stereocenters. The van der Waals surface area contributed by atoms with E-state index in [1.165, 1.54) is 24.8 Å². The molecule has 1 aromatic heterocycles. The third-order valence-electron chi connectivity index (χ3n) is 7.91. The van der Waals surface area contributed by atoms with Crippen molar-refractivity contribution in [3.8, 4) is 11.4 Å². The van der Waals surface area contributed by atoms with Crippen LogP contribution in [0.25, 0.3) is 11.8 Å². The van der Waals surface area contributed by atoms with Crippen LogP contribution in [0.5, 0.6) is 5.75 Å². The molecule has 186 valence electrons. The first-order valence-electron chi connectivity index (χ1n) is 12.6. The molecule has 6 rings (SSSR count). The number of aromatic nitrogens is 2. The lowest BCUT2D eigenvalue weighted by molar-refractivity contribution is 0.0512. The first-order valence-corrected chi connectivity index (χ1v) is 12.6. The van der Waals surface area contributed by atoms with Gasteiger partial charge in [0.1, 0.15) is 11.6 Å². The highest BCUT2D eigenvalue weighted by Gasteiger charge is 2.47. The molecule has 1 atom stereocenters. The Kier molecular flexibility index (Phi) is 5.58. The quantitative estimate of drug-likeness (QED) is 0.484. The van der Waals surface area contributed by atoms with Gasteiger partial charge in [-0.25, -0.2) is 9.37 Å². The molecule has 0 bridgehead atoms. The predicted octanol–water partition coefficient (Wildman–Crippen LogP) is 5.59. The molecule has 36 heavy (non-hydrogen) atoms. The monoisotopic (exact) mass is 485 g/mol. The van der Waals surface area contributed by atoms with E-state index in [2.05, 4.69) is 34.2 Å². The topological polar surface area (TPSA) is 45.9 Å². The Bertz CT molecular complexity index is 1340. The van der Waals surface area contributed by atoms with Crippen molar-refractivity contribution in [2.45, 2.75) is 38.6 Å². The summed E-state index contributed by atoms with van der Waals surface area (Å²) in [6.45, 7) is 3.76. The minimum Gasteiger partial charge on any atom is -0.495 e. The summed E-state index contributed by atoms with van der Waals surface area (Å²) in [4.78, 5) is 6.83. The van der Waals surface area contributed by atoms with E-state index in [1.54, 1.807) is 19.2 Å². The Labute approximate surface area is 211 Å². The SMILES string of the molecule is COc1cc(/C=C2\CC3(CCC3)CN3C2=NN(C)CC3c2ccc(F)cc2)ccc1-n1cnc(C)c1. The smallest absolute Gasteiger partial charge is 0.152 e. The molecule has 1 spiro atoms. The molecule has 1 aliphatic carbocycles. The zero-order chi connectivity index (χ0) is 24.9. The Morgan fingerprint density at radius 2 is 1.94 bits per heavy atom. The molecule has 2 aliphatic heterocycles. The maximum absolute atomic E-state index is 13.7. The number of methoxy groups -OCH3 is 1. The van der Waals surface area contributed by atoms with Crippen LogP contribution in [0.4, 0.5) is 4.39 Å². The van der Waals surface area contributed by atoms with Gasteiger partial charge in [-0.15, -0.1) is 0 Å². The number of hydrazone groups is 1. The number of likely N-dealkylation sites (N-methyl/N-ethyl adjacent to an activating group) is 1. The number of hydrogen-bond acceptors (Lipinski definition) is 5.